The molecule has 1 heterocycles. The summed E-state index contributed by atoms with van der Waals surface area (Å²) in [6, 6.07) is 7.45. The molecule has 5 heteroatoms. The van der Waals surface area contributed by atoms with Crippen molar-refractivity contribution in [2.75, 3.05) is 13.2 Å². The number of nitrogens with two attached hydrogens (primary N) is 1. The lowest BCUT2D eigenvalue weighted by Crippen LogP contribution is -2.26. The highest BCUT2D eigenvalue weighted by Crippen LogP contribution is 2.37. The Bertz CT molecular complexity index is 374. The van der Waals surface area contributed by atoms with E-state index in [1.165, 1.54) is 0 Å². The van der Waals surface area contributed by atoms with Crippen LogP contribution in [0.2, 0.25) is 5.02 Å². The molecule has 1 aromatic rings. The van der Waals surface area contributed by atoms with Crippen molar-refractivity contribution in [2.24, 2.45) is 5.90 Å². The Morgan fingerprint density at radius 1 is 1.56 bits per heavy atom. The Morgan fingerprint density at radius 2 is 2.31 bits per heavy atom. The molecule has 1 aliphatic rings. The summed E-state index contributed by atoms with van der Waals surface area (Å²) in [6.07, 6.45) is -0.161. The van der Waals surface area contributed by atoms with Crippen LogP contribution >= 0.6 is 11.6 Å². The Kier molecular flexibility index (Phi) is 3.47. The summed E-state index contributed by atoms with van der Waals surface area (Å²) in [6.45, 7) is 2.59. The Morgan fingerprint density at radius 3 is 3.00 bits per heavy atom. The smallest absolute Gasteiger partial charge is 0.194 e. The first-order chi connectivity index (χ1) is 7.65. The lowest BCUT2D eigenvalue weighted by molar-refractivity contribution is -0.167. The van der Waals surface area contributed by atoms with Crippen LogP contribution in [0.5, 0.6) is 0 Å². The van der Waals surface area contributed by atoms with Crippen LogP contribution < -0.4 is 5.90 Å². The minimum Gasteiger partial charge on any atom is -0.343 e. The maximum absolute atomic E-state index is 6.10. The normalized spacial score (nSPS) is 29.6. The Balaban J connectivity index is 2.18. The van der Waals surface area contributed by atoms with E-state index in [0.29, 0.717) is 18.2 Å². The standard InChI is InChI=1S/C11H14ClNO3/c1-11(9-4-2-3-5-10(9)12)14-6-8(16-11)7-15-13/h2-5,8H,6-7,13H2,1H3. The molecule has 2 N–H and O–H groups in total. The molecule has 0 saturated carbocycles. The number of ether oxygens (including phenoxy) is 2. The number of hydrogen-bond donors (Lipinski definition) is 1. The predicted molar refractivity (Wildman–Crippen MR) is 59.8 cm³/mol. The lowest BCUT2D eigenvalue weighted by Gasteiger charge is -2.24. The minimum absolute atomic E-state index is 0.161. The van der Waals surface area contributed by atoms with E-state index in [-0.39, 0.29) is 6.10 Å². The van der Waals surface area contributed by atoms with Crippen molar-refractivity contribution < 1.29 is 14.3 Å². The molecule has 0 spiro atoms. The van der Waals surface area contributed by atoms with E-state index in [1.54, 1.807) is 0 Å². The molecule has 88 valence electrons. The fraction of sp³-hybridized carbons (Fsp3) is 0.455. The van der Waals surface area contributed by atoms with Gasteiger partial charge in [0.1, 0.15) is 6.10 Å². The van der Waals surface area contributed by atoms with Gasteiger partial charge in [0.05, 0.1) is 13.2 Å². The maximum atomic E-state index is 6.10. The molecular formula is C11H14ClNO3. The van der Waals surface area contributed by atoms with Gasteiger partial charge in [-0.25, -0.2) is 5.90 Å². The molecule has 4 nitrogen and oxygen atoms in total. The van der Waals surface area contributed by atoms with Gasteiger partial charge in [0, 0.05) is 10.6 Å². The van der Waals surface area contributed by atoms with Gasteiger partial charge in [0.2, 0.25) is 0 Å². The third-order valence-electron chi connectivity index (χ3n) is 2.58. The molecule has 0 amide bonds. The van der Waals surface area contributed by atoms with Crippen molar-refractivity contribution in [3.8, 4) is 0 Å². The second-order valence-electron chi connectivity index (χ2n) is 3.81. The zero-order valence-corrected chi connectivity index (χ0v) is 9.74. The highest BCUT2D eigenvalue weighted by atomic mass is 35.5. The van der Waals surface area contributed by atoms with Crippen molar-refractivity contribution in [2.45, 2.75) is 18.8 Å². The highest BCUT2D eigenvalue weighted by molar-refractivity contribution is 6.31. The van der Waals surface area contributed by atoms with Crippen molar-refractivity contribution in [3.05, 3.63) is 34.9 Å². The van der Waals surface area contributed by atoms with Gasteiger partial charge in [0.15, 0.2) is 5.79 Å². The minimum atomic E-state index is -0.818. The van der Waals surface area contributed by atoms with E-state index in [0.717, 1.165) is 5.56 Å². The first-order valence-electron chi connectivity index (χ1n) is 5.04. The van der Waals surface area contributed by atoms with Crippen molar-refractivity contribution in [3.63, 3.8) is 0 Å². The van der Waals surface area contributed by atoms with Crippen LogP contribution in [0.15, 0.2) is 24.3 Å². The van der Waals surface area contributed by atoms with Crippen LogP contribution in [0.4, 0.5) is 0 Å². The third kappa shape index (κ3) is 2.21. The first kappa shape index (κ1) is 11.8. The van der Waals surface area contributed by atoms with E-state index in [9.17, 15) is 0 Å². The lowest BCUT2D eigenvalue weighted by atomic mass is 10.1. The zero-order valence-electron chi connectivity index (χ0n) is 8.98. The highest BCUT2D eigenvalue weighted by Gasteiger charge is 2.40. The van der Waals surface area contributed by atoms with Gasteiger partial charge in [-0.15, -0.1) is 0 Å². The van der Waals surface area contributed by atoms with E-state index in [1.807, 2.05) is 31.2 Å². The van der Waals surface area contributed by atoms with E-state index >= 15 is 0 Å². The molecule has 1 fully saturated rings. The van der Waals surface area contributed by atoms with Gasteiger partial charge in [-0.2, -0.15) is 0 Å². The Hall–Kier alpha value is -0.650. The summed E-state index contributed by atoms with van der Waals surface area (Å²) in [5, 5.41) is 0.624. The predicted octanol–water partition coefficient (Wildman–Crippen LogP) is 1.82. The van der Waals surface area contributed by atoms with Gasteiger partial charge >= 0.3 is 0 Å². The summed E-state index contributed by atoms with van der Waals surface area (Å²) in [7, 11) is 0. The molecule has 2 rings (SSSR count). The van der Waals surface area contributed by atoms with Gasteiger partial charge in [-0.1, -0.05) is 29.8 Å². The molecule has 1 aromatic carbocycles. The summed E-state index contributed by atoms with van der Waals surface area (Å²) < 4.78 is 11.4. The number of halogens is 1. The first-order valence-corrected chi connectivity index (χ1v) is 5.42. The van der Waals surface area contributed by atoms with Crippen LogP contribution in [0, 0.1) is 0 Å². The van der Waals surface area contributed by atoms with Crippen LogP contribution in [0.1, 0.15) is 12.5 Å². The summed E-state index contributed by atoms with van der Waals surface area (Å²) >= 11 is 6.10. The molecule has 0 aliphatic carbocycles. The largest absolute Gasteiger partial charge is 0.343 e. The summed E-state index contributed by atoms with van der Waals surface area (Å²) in [4.78, 5) is 4.55. The van der Waals surface area contributed by atoms with Crippen LogP contribution in [0.3, 0.4) is 0 Å². The van der Waals surface area contributed by atoms with Crippen LogP contribution in [-0.2, 0) is 20.1 Å². The second kappa shape index (κ2) is 4.69. The van der Waals surface area contributed by atoms with Crippen LogP contribution in [0.25, 0.3) is 0 Å². The van der Waals surface area contributed by atoms with Gasteiger partial charge in [0.25, 0.3) is 0 Å². The van der Waals surface area contributed by atoms with Crippen molar-refractivity contribution in [1.29, 1.82) is 0 Å². The Labute approximate surface area is 99.2 Å². The average Bonchev–Trinajstić information content (AvgIpc) is 2.62. The SMILES string of the molecule is CC1(c2ccccc2Cl)OCC(CON)O1. The van der Waals surface area contributed by atoms with E-state index in [2.05, 4.69) is 4.84 Å². The zero-order chi connectivity index (χ0) is 11.6. The number of benzene rings is 1. The maximum Gasteiger partial charge on any atom is 0.194 e. The van der Waals surface area contributed by atoms with E-state index in [4.69, 9.17) is 27.0 Å². The molecule has 0 radical (unpaired) electrons. The van der Waals surface area contributed by atoms with Crippen molar-refractivity contribution >= 4 is 11.6 Å². The third-order valence-corrected chi connectivity index (χ3v) is 2.91. The molecule has 16 heavy (non-hydrogen) atoms. The number of rotatable bonds is 3. The second-order valence-corrected chi connectivity index (χ2v) is 4.22. The van der Waals surface area contributed by atoms with Gasteiger partial charge in [-0.3, -0.25) is 0 Å². The fourth-order valence-corrected chi connectivity index (χ4v) is 2.11. The van der Waals surface area contributed by atoms with Gasteiger partial charge in [-0.05, 0) is 13.0 Å². The molecule has 1 aliphatic heterocycles. The molecule has 2 atom stereocenters. The van der Waals surface area contributed by atoms with Crippen LogP contribution in [-0.4, -0.2) is 19.3 Å². The average molecular weight is 244 g/mol. The molecule has 2 unspecified atom stereocenters. The van der Waals surface area contributed by atoms with Crippen molar-refractivity contribution in [1.82, 2.24) is 0 Å². The fourth-order valence-electron chi connectivity index (χ4n) is 1.80. The topological polar surface area (TPSA) is 53.7 Å². The summed E-state index contributed by atoms with van der Waals surface area (Å²) in [5.74, 6) is 4.19. The van der Waals surface area contributed by atoms with E-state index < -0.39 is 5.79 Å². The summed E-state index contributed by atoms with van der Waals surface area (Å²) in [5.41, 5.74) is 0.816. The monoisotopic (exact) mass is 243 g/mol. The molecule has 1 saturated heterocycles. The van der Waals surface area contributed by atoms with Gasteiger partial charge < -0.3 is 14.3 Å². The quantitative estimate of drug-likeness (QED) is 0.823. The molecular weight excluding hydrogens is 230 g/mol. The molecule has 0 aromatic heterocycles. The number of hydrogen-bond acceptors (Lipinski definition) is 4. The molecule has 0 bridgehead atoms.